The molecule has 6 nitrogen and oxygen atoms in total. The van der Waals surface area contributed by atoms with Gasteiger partial charge < -0.3 is 9.72 Å². The molecular formula is C13H13BrN2O4. The Bertz CT molecular complexity index is 682. The molecule has 2 aromatic rings. The summed E-state index contributed by atoms with van der Waals surface area (Å²) in [6.07, 6.45) is 1.64. The molecule has 7 heteroatoms. The van der Waals surface area contributed by atoms with Gasteiger partial charge in [-0.25, -0.2) is 4.79 Å². The standard InChI is InChI=1S/C13H13BrN2O4/c1-13(16(18)19,12(17)20-2)6-8-7-15-11-4-3-9(14)5-10(8)11/h3-5,7,15H,6H2,1-2H3. The molecule has 0 spiro atoms. The number of aromatic amines is 1. The van der Waals surface area contributed by atoms with Crippen molar-refractivity contribution in [3.8, 4) is 0 Å². The van der Waals surface area contributed by atoms with Gasteiger partial charge in [0.2, 0.25) is 0 Å². The number of esters is 1. The number of carbonyl (C=O) groups is 1. The lowest BCUT2D eigenvalue weighted by Gasteiger charge is -2.17. The summed E-state index contributed by atoms with van der Waals surface area (Å²) < 4.78 is 5.43. The molecule has 1 unspecified atom stereocenters. The number of H-pyrrole nitrogens is 1. The third kappa shape index (κ3) is 2.40. The summed E-state index contributed by atoms with van der Waals surface area (Å²) >= 11 is 3.36. The number of nitrogens with zero attached hydrogens (tertiary/aromatic N) is 1. The van der Waals surface area contributed by atoms with Crippen molar-refractivity contribution in [1.29, 1.82) is 0 Å². The predicted molar refractivity (Wildman–Crippen MR) is 77.1 cm³/mol. The summed E-state index contributed by atoms with van der Waals surface area (Å²) in [5.74, 6) is -0.855. The van der Waals surface area contributed by atoms with Crippen LogP contribution in [0.15, 0.2) is 28.9 Å². The van der Waals surface area contributed by atoms with Gasteiger partial charge in [0.15, 0.2) is 0 Å². The molecule has 1 atom stereocenters. The highest BCUT2D eigenvalue weighted by atomic mass is 79.9. The molecule has 1 heterocycles. The first-order valence-electron chi connectivity index (χ1n) is 5.87. The zero-order valence-electron chi connectivity index (χ0n) is 11.0. The van der Waals surface area contributed by atoms with Crippen molar-refractivity contribution in [2.24, 2.45) is 0 Å². The van der Waals surface area contributed by atoms with E-state index in [-0.39, 0.29) is 6.42 Å². The molecule has 0 fully saturated rings. The highest BCUT2D eigenvalue weighted by Gasteiger charge is 2.47. The first-order valence-corrected chi connectivity index (χ1v) is 6.66. The monoisotopic (exact) mass is 340 g/mol. The van der Waals surface area contributed by atoms with Crippen LogP contribution in [-0.4, -0.2) is 28.5 Å². The second-order valence-electron chi connectivity index (χ2n) is 4.70. The predicted octanol–water partition coefficient (Wildman–Crippen LogP) is 2.68. The van der Waals surface area contributed by atoms with Crippen LogP contribution in [0.3, 0.4) is 0 Å². The van der Waals surface area contributed by atoms with Crippen molar-refractivity contribution in [1.82, 2.24) is 4.98 Å². The molecule has 0 bridgehead atoms. The molecule has 0 saturated heterocycles. The maximum Gasteiger partial charge on any atom is 0.384 e. The largest absolute Gasteiger partial charge is 0.464 e. The van der Waals surface area contributed by atoms with Crippen LogP contribution in [0.1, 0.15) is 12.5 Å². The summed E-state index contributed by atoms with van der Waals surface area (Å²) in [5, 5.41) is 12.1. The summed E-state index contributed by atoms with van der Waals surface area (Å²) in [6.45, 7) is 1.27. The number of hydrogen-bond acceptors (Lipinski definition) is 4. The molecule has 20 heavy (non-hydrogen) atoms. The van der Waals surface area contributed by atoms with Crippen molar-refractivity contribution >= 4 is 32.8 Å². The fourth-order valence-corrected chi connectivity index (χ4v) is 2.46. The number of fused-ring (bicyclic) bond motifs is 1. The molecule has 2 rings (SSSR count). The lowest BCUT2D eigenvalue weighted by Crippen LogP contribution is -2.46. The van der Waals surface area contributed by atoms with Gasteiger partial charge in [0.25, 0.3) is 0 Å². The SMILES string of the molecule is COC(=O)C(C)(Cc1c[nH]c2ccc(Br)cc12)[N+](=O)[O-]. The van der Waals surface area contributed by atoms with Crippen LogP contribution in [-0.2, 0) is 16.0 Å². The average molecular weight is 341 g/mol. The fourth-order valence-electron chi connectivity index (χ4n) is 2.10. The second kappa shape index (κ2) is 5.24. The number of hydrogen-bond donors (Lipinski definition) is 1. The normalized spacial score (nSPS) is 13.9. The van der Waals surface area contributed by atoms with Gasteiger partial charge in [0.1, 0.15) is 0 Å². The summed E-state index contributed by atoms with van der Waals surface area (Å²) in [6, 6.07) is 5.60. The molecule has 1 N–H and O–H groups in total. The molecule has 0 amide bonds. The number of nitrogens with one attached hydrogen (secondary N) is 1. The van der Waals surface area contributed by atoms with Gasteiger partial charge in [-0.3, -0.25) is 10.1 Å². The molecular weight excluding hydrogens is 328 g/mol. The number of rotatable bonds is 4. The van der Waals surface area contributed by atoms with Crippen LogP contribution in [0.2, 0.25) is 0 Å². The topological polar surface area (TPSA) is 85.2 Å². The van der Waals surface area contributed by atoms with Gasteiger partial charge in [-0.15, -0.1) is 0 Å². The van der Waals surface area contributed by atoms with Gasteiger partial charge in [-0.1, -0.05) is 15.9 Å². The van der Waals surface area contributed by atoms with Gasteiger partial charge in [-0.2, -0.15) is 0 Å². The molecule has 0 aliphatic heterocycles. The number of benzene rings is 1. The minimum absolute atomic E-state index is 0.0386. The van der Waals surface area contributed by atoms with E-state index in [1.807, 2.05) is 18.2 Å². The van der Waals surface area contributed by atoms with E-state index in [0.717, 1.165) is 22.5 Å². The number of aromatic nitrogens is 1. The van der Waals surface area contributed by atoms with E-state index in [1.54, 1.807) is 6.20 Å². The Morgan fingerprint density at radius 3 is 2.85 bits per heavy atom. The average Bonchev–Trinajstić information content (AvgIpc) is 2.79. The van der Waals surface area contributed by atoms with E-state index >= 15 is 0 Å². The Balaban J connectivity index is 2.46. The Morgan fingerprint density at radius 1 is 1.55 bits per heavy atom. The van der Waals surface area contributed by atoms with Gasteiger partial charge in [-0.05, 0) is 23.8 Å². The first-order chi connectivity index (χ1) is 9.38. The van der Waals surface area contributed by atoms with E-state index in [9.17, 15) is 14.9 Å². The highest BCUT2D eigenvalue weighted by molar-refractivity contribution is 9.10. The lowest BCUT2D eigenvalue weighted by atomic mass is 9.93. The van der Waals surface area contributed by atoms with Gasteiger partial charge in [0, 0.05) is 33.4 Å². The number of methoxy groups -OCH3 is 1. The van der Waals surface area contributed by atoms with Crippen molar-refractivity contribution in [2.75, 3.05) is 7.11 Å². The smallest absolute Gasteiger partial charge is 0.384 e. The summed E-state index contributed by atoms with van der Waals surface area (Å²) in [7, 11) is 1.15. The van der Waals surface area contributed by atoms with E-state index in [4.69, 9.17) is 0 Å². The summed E-state index contributed by atoms with van der Waals surface area (Å²) in [4.78, 5) is 25.4. The van der Waals surface area contributed by atoms with Crippen molar-refractivity contribution in [2.45, 2.75) is 18.9 Å². The molecule has 106 valence electrons. The zero-order valence-corrected chi connectivity index (χ0v) is 12.6. The minimum Gasteiger partial charge on any atom is -0.464 e. The Kier molecular flexibility index (Phi) is 3.80. The van der Waals surface area contributed by atoms with E-state index in [0.29, 0.717) is 5.56 Å². The van der Waals surface area contributed by atoms with E-state index in [2.05, 4.69) is 25.7 Å². The second-order valence-corrected chi connectivity index (χ2v) is 5.62. The molecule has 1 aromatic heterocycles. The Morgan fingerprint density at radius 2 is 2.25 bits per heavy atom. The maximum absolute atomic E-state index is 11.7. The van der Waals surface area contributed by atoms with Crippen LogP contribution < -0.4 is 0 Å². The maximum atomic E-state index is 11.7. The lowest BCUT2D eigenvalue weighted by molar-refractivity contribution is -0.550. The van der Waals surface area contributed by atoms with Gasteiger partial charge in [0.05, 0.1) is 13.5 Å². The molecule has 0 aliphatic rings. The van der Waals surface area contributed by atoms with Crippen LogP contribution in [0.4, 0.5) is 0 Å². The van der Waals surface area contributed by atoms with Crippen molar-refractivity contribution < 1.29 is 14.5 Å². The van der Waals surface area contributed by atoms with E-state index in [1.165, 1.54) is 6.92 Å². The molecule has 0 saturated carbocycles. The van der Waals surface area contributed by atoms with Crippen molar-refractivity contribution in [3.63, 3.8) is 0 Å². The Hall–Kier alpha value is -1.89. The molecule has 1 aromatic carbocycles. The third-order valence-corrected chi connectivity index (χ3v) is 3.79. The van der Waals surface area contributed by atoms with Crippen LogP contribution in [0, 0.1) is 10.1 Å². The van der Waals surface area contributed by atoms with Gasteiger partial charge >= 0.3 is 11.5 Å². The molecule has 0 aliphatic carbocycles. The highest BCUT2D eigenvalue weighted by Crippen LogP contribution is 2.27. The number of halogens is 1. The van der Waals surface area contributed by atoms with Crippen LogP contribution in [0.25, 0.3) is 10.9 Å². The summed E-state index contributed by atoms with van der Waals surface area (Å²) in [5.41, 5.74) is -0.240. The number of carbonyl (C=O) groups excluding carboxylic acids is 1. The quantitative estimate of drug-likeness (QED) is 0.526. The van der Waals surface area contributed by atoms with Crippen LogP contribution in [0.5, 0.6) is 0 Å². The van der Waals surface area contributed by atoms with Crippen molar-refractivity contribution in [3.05, 3.63) is 44.5 Å². The molecule has 0 radical (unpaired) electrons. The first kappa shape index (κ1) is 14.5. The van der Waals surface area contributed by atoms with Crippen LogP contribution >= 0.6 is 15.9 Å². The zero-order chi connectivity index (χ0) is 14.9. The number of ether oxygens (including phenoxy) is 1. The van der Waals surface area contributed by atoms with E-state index < -0.39 is 16.4 Å². The Labute approximate surface area is 123 Å². The number of nitro groups is 1. The third-order valence-electron chi connectivity index (χ3n) is 3.29. The fraction of sp³-hybridized carbons (Fsp3) is 0.308. The minimum atomic E-state index is -1.80.